The van der Waals surface area contributed by atoms with E-state index in [1.165, 1.54) is 57.8 Å². The SMILES string of the molecule is CC(=O)OC(C)CCCCC[C@H]1C[C@H]2CC[C@H]3C[C@@H](C)NC(=[N+]23)N1. The van der Waals surface area contributed by atoms with Gasteiger partial charge in [0.15, 0.2) is 0 Å². The van der Waals surface area contributed by atoms with Gasteiger partial charge >= 0.3 is 11.9 Å². The Morgan fingerprint density at radius 3 is 2.71 bits per heavy atom. The van der Waals surface area contributed by atoms with Crippen molar-refractivity contribution in [2.45, 2.75) is 109 Å². The van der Waals surface area contributed by atoms with Gasteiger partial charge in [0.2, 0.25) is 0 Å². The Morgan fingerprint density at radius 2 is 1.96 bits per heavy atom. The van der Waals surface area contributed by atoms with Crippen LogP contribution in [0.25, 0.3) is 0 Å². The summed E-state index contributed by atoms with van der Waals surface area (Å²) in [5, 5.41) is 7.44. The summed E-state index contributed by atoms with van der Waals surface area (Å²) in [5.41, 5.74) is 0. The standard InChI is InChI=1S/C19H33N3O2/c1-13-11-17-9-10-18-12-16(21-19(20-13)22(17)18)8-6-4-5-7-14(2)24-15(3)23/h13-14,16-18H,4-12H2,1-3H3,(H,20,21)/p+1/t13-,14?,16+,17+,18-/m1/s1. The second-order valence-corrected chi connectivity index (χ2v) is 8.06. The molecule has 1 unspecified atom stereocenters. The number of hydrogen-bond donors (Lipinski definition) is 2. The minimum atomic E-state index is -0.167. The van der Waals surface area contributed by atoms with Gasteiger partial charge in [-0.15, -0.1) is 0 Å². The van der Waals surface area contributed by atoms with Crippen LogP contribution in [0.2, 0.25) is 0 Å². The number of guanidine groups is 1. The van der Waals surface area contributed by atoms with Crippen molar-refractivity contribution < 1.29 is 14.1 Å². The third kappa shape index (κ3) is 4.22. The lowest BCUT2D eigenvalue weighted by Crippen LogP contribution is -2.61. The quantitative estimate of drug-likeness (QED) is 0.426. The van der Waals surface area contributed by atoms with Gasteiger partial charge in [-0.25, -0.2) is 0 Å². The maximum atomic E-state index is 10.9. The van der Waals surface area contributed by atoms with Crippen LogP contribution >= 0.6 is 0 Å². The highest BCUT2D eigenvalue weighted by Crippen LogP contribution is 2.31. The molecular formula is C19H34N3O2+. The number of ether oxygens (including phenoxy) is 1. The molecule has 5 atom stereocenters. The molecule has 24 heavy (non-hydrogen) atoms. The van der Waals surface area contributed by atoms with Crippen LogP contribution < -0.4 is 10.6 Å². The van der Waals surface area contributed by atoms with Crippen LogP contribution in [-0.4, -0.2) is 46.8 Å². The van der Waals surface area contributed by atoms with Crippen LogP contribution in [0.5, 0.6) is 0 Å². The lowest BCUT2D eigenvalue weighted by Gasteiger charge is -2.35. The van der Waals surface area contributed by atoms with Gasteiger partial charge in [0.25, 0.3) is 0 Å². The first kappa shape index (κ1) is 17.6. The first-order chi connectivity index (χ1) is 11.5. The molecule has 3 heterocycles. The summed E-state index contributed by atoms with van der Waals surface area (Å²) in [6.07, 6.45) is 11.2. The van der Waals surface area contributed by atoms with Crippen molar-refractivity contribution in [3.05, 3.63) is 0 Å². The minimum absolute atomic E-state index is 0.0581. The van der Waals surface area contributed by atoms with Crippen molar-refractivity contribution in [1.29, 1.82) is 0 Å². The van der Waals surface area contributed by atoms with E-state index in [1.54, 1.807) is 0 Å². The van der Waals surface area contributed by atoms with Crippen LogP contribution in [0.1, 0.15) is 78.6 Å². The molecule has 0 aliphatic carbocycles. The second-order valence-electron chi connectivity index (χ2n) is 8.06. The molecule has 3 aliphatic heterocycles. The maximum Gasteiger partial charge on any atom is 0.346 e. The predicted molar refractivity (Wildman–Crippen MR) is 95.1 cm³/mol. The average Bonchev–Trinajstić information content (AvgIpc) is 2.89. The minimum Gasteiger partial charge on any atom is -0.463 e. The topological polar surface area (TPSA) is 53.4 Å². The third-order valence-electron chi connectivity index (χ3n) is 5.81. The fourth-order valence-electron chi connectivity index (χ4n) is 4.79. The van der Waals surface area contributed by atoms with Crippen LogP contribution in [0, 0.1) is 0 Å². The molecule has 136 valence electrons. The first-order valence-corrected chi connectivity index (χ1v) is 9.88. The fraction of sp³-hybridized carbons (Fsp3) is 0.895. The first-order valence-electron chi connectivity index (χ1n) is 9.88. The largest absolute Gasteiger partial charge is 0.463 e. The van der Waals surface area contributed by atoms with Gasteiger partial charge in [0.05, 0.1) is 30.3 Å². The Hall–Kier alpha value is -1.26. The van der Waals surface area contributed by atoms with E-state index in [-0.39, 0.29) is 12.1 Å². The number of nitrogens with zero attached hydrogens (tertiary/aromatic N) is 1. The molecule has 0 aromatic heterocycles. The average molecular weight is 336 g/mol. The van der Waals surface area contributed by atoms with Gasteiger partial charge in [-0.1, -0.05) is 12.8 Å². The molecule has 3 aliphatic rings. The van der Waals surface area contributed by atoms with Gasteiger partial charge in [0, 0.05) is 19.8 Å². The summed E-state index contributed by atoms with van der Waals surface area (Å²) >= 11 is 0. The molecule has 5 nitrogen and oxygen atoms in total. The summed E-state index contributed by atoms with van der Waals surface area (Å²) in [7, 11) is 0. The summed E-state index contributed by atoms with van der Waals surface area (Å²) in [6.45, 7) is 5.77. The van der Waals surface area contributed by atoms with Crippen molar-refractivity contribution in [1.82, 2.24) is 10.6 Å². The maximum absolute atomic E-state index is 10.9. The number of esters is 1. The molecule has 0 aromatic carbocycles. The van der Waals surface area contributed by atoms with Crippen molar-refractivity contribution in [2.75, 3.05) is 0 Å². The Labute approximate surface area is 146 Å². The van der Waals surface area contributed by atoms with Crippen LogP contribution in [0.3, 0.4) is 0 Å². The smallest absolute Gasteiger partial charge is 0.346 e. The van der Waals surface area contributed by atoms with Crippen molar-refractivity contribution in [3.63, 3.8) is 0 Å². The van der Waals surface area contributed by atoms with Crippen LogP contribution in [-0.2, 0) is 9.53 Å². The molecule has 0 bridgehead atoms. The second kappa shape index (κ2) is 7.75. The Balaban J connectivity index is 1.39. The molecule has 1 fully saturated rings. The summed E-state index contributed by atoms with van der Waals surface area (Å²) in [5.74, 6) is 1.14. The molecule has 0 radical (unpaired) electrons. The molecule has 1 saturated heterocycles. The fourth-order valence-corrected chi connectivity index (χ4v) is 4.79. The zero-order valence-electron chi connectivity index (χ0n) is 15.5. The number of carbonyl (C=O) groups excluding carboxylic acids is 1. The number of hydrogen-bond acceptors (Lipinski definition) is 4. The molecule has 3 rings (SSSR count). The Bertz CT molecular complexity index is 491. The normalized spacial score (nSPS) is 32.6. The number of carbonyl (C=O) groups is 1. The molecule has 2 N–H and O–H groups in total. The summed E-state index contributed by atoms with van der Waals surface area (Å²) < 4.78 is 7.82. The van der Waals surface area contributed by atoms with E-state index in [9.17, 15) is 4.79 Å². The highest BCUT2D eigenvalue weighted by Gasteiger charge is 2.44. The van der Waals surface area contributed by atoms with Crippen LogP contribution in [0.15, 0.2) is 0 Å². The zero-order valence-corrected chi connectivity index (χ0v) is 15.5. The predicted octanol–water partition coefficient (Wildman–Crippen LogP) is 2.53. The van der Waals surface area contributed by atoms with E-state index >= 15 is 0 Å². The number of unbranched alkanes of at least 4 members (excludes halogenated alkanes) is 2. The van der Waals surface area contributed by atoms with E-state index in [2.05, 4.69) is 22.1 Å². The third-order valence-corrected chi connectivity index (χ3v) is 5.81. The Kier molecular flexibility index (Phi) is 5.67. The van der Waals surface area contributed by atoms with E-state index in [1.807, 2.05) is 6.92 Å². The highest BCUT2D eigenvalue weighted by molar-refractivity contribution is 5.76. The van der Waals surface area contributed by atoms with Crippen LogP contribution in [0.4, 0.5) is 0 Å². The van der Waals surface area contributed by atoms with Gasteiger partial charge in [-0.05, 0) is 46.0 Å². The number of nitrogens with one attached hydrogen (secondary N) is 2. The zero-order chi connectivity index (χ0) is 17.1. The molecule has 5 heteroatoms. The van der Waals surface area contributed by atoms with E-state index in [4.69, 9.17) is 4.74 Å². The summed E-state index contributed by atoms with van der Waals surface area (Å²) in [6, 6.07) is 2.72. The van der Waals surface area contributed by atoms with Gasteiger partial charge in [-0.2, -0.15) is 0 Å². The van der Waals surface area contributed by atoms with Gasteiger partial charge in [-0.3, -0.25) is 20.0 Å². The molecular weight excluding hydrogens is 302 g/mol. The molecule has 0 spiro atoms. The van der Waals surface area contributed by atoms with E-state index < -0.39 is 0 Å². The monoisotopic (exact) mass is 336 g/mol. The number of rotatable bonds is 7. The van der Waals surface area contributed by atoms with Crippen molar-refractivity contribution in [2.24, 2.45) is 0 Å². The van der Waals surface area contributed by atoms with E-state index in [0.717, 1.165) is 24.9 Å². The van der Waals surface area contributed by atoms with Gasteiger partial charge in [0.1, 0.15) is 0 Å². The molecule has 0 amide bonds. The van der Waals surface area contributed by atoms with E-state index in [0.29, 0.717) is 12.1 Å². The molecule has 0 aromatic rings. The van der Waals surface area contributed by atoms with Crippen molar-refractivity contribution in [3.8, 4) is 0 Å². The highest BCUT2D eigenvalue weighted by atomic mass is 16.5. The summed E-state index contributed by atoms with van der Waals surface area (Å²) in [4.78, 5) is 10.9. The van der Waals surface area contributed by atoms with Gasteiger partial charge < -0.3 is 4.74 Å². The molecule has 0 saturated carbocycles. The lowest BCUT2D eigenvalue weighted by molar-refractivity contribution is -0.593. The van der Waals surface area contributed by atoms with Crippen molar-refractivity contribution >= 4 is 11.9 Å². The Morgan fingerprint density at radius 1 is 1.21 bits per heavy atom. The lowest BCUT2D eigenvalue weighted by atomic mass is 9.97.